The minimum Gasteiger partial charge on any atom is -0.349 e. The average Bonchev–Trinajstić information content (AvgIpc) is 2.81. The number of ether oxygens (including phenoxy) is 1. The lowest BCUT2D eigenvalue weighted by molar-refractivity contribution is -0.0609. The van der Waals surface area contributed by atoms with Gasteiger partial charge in [-0.15, -0.1) is 0 Å². The highest BCUT2D eigenvalue weighted by molar-refractivity contribution is 7.53. The maximum atomic E-state index is 12.4. The molecular formula is C13H20N3O6P. The molecule has 3 N–H and O–H groups in total. The summed E-state index contributed by atoms with van der Waals surface area (Å²) in [5.41, 5.74) is 4.05. The topological polar surface area (TPSA) is 126 Å². The maximum absolute atomic E-state index is 12.4. The fraction of sp³-hybridized carbons (Fsp3) is 0.692. The lowest BCUT2D eigenvalue weighted by Gasteiger charge is -2.38. The second-order valence-corrected chi connectivity index (χ2v) is 8.33. The fourth-order valence-corrected chi connectivity index (χ4v) is 4.53. The molecule has 3 heterocycles. The summed E-state index contributed by atoms with van der Waals surface area (Å²) >= 11 is 0. The van der Waals surface area contributed by atoms with Gasteiger partial charge in [0, 0.05) is 25.0 Å². The van der Waals surface area contributed by atoms with Gasteiger partial charge in [-0.25, -0.2) is 4.79 Å². The van der Waals surface area contributed by atoms with Gasteiger partial charge in [-0.05, 0) is 0 Å². The predicted molar refractivity (Wildman–Crippen MR) is 81.4 cm³/mol. The highest BCUT2D eigenvalue weighted by Crippen LogP contribution is 2.59. The minimum atomic E-state index is -3.18. The first kappa shape index (κ1) is 16.6. The number of hydrogen-bond donors (Lipinski definition) is 2. The zero-order chi connectivity index (χ0) is 16.8. The lowest BCUT2D eigenvalue weighted by atomic mass is 9.82. The number of rotatable bonds is 3. The number of aromatic amines is 1. The molecule has 0 radical (unpaired) electrons. The molecule has 5 atom stereocenters. The van der Waals surface area contributed by atoms with Crippen LogP contribution in [0.5, 0.6) is 0 Å². The molecule has 0 bridgehead atoms. The number of fused-ring (bicyclic) bond motifs is 1. The van der Waals surface area contributed by atoms with Crippen LogP contribution in [0.2, 0.25) is 0 Å². The number of nitrogens with two attached hydrogens (primary N) is 1. The summed E-state index contributed by atoms with van der Waals surface area (Å²) in [6.07, 6.45) is -0.187. The van der Waals surface area contributed by atoms with Crippen molar-refractivity contribution >= 4 is 7.60 Å². The molecule has 1 aromatic heterocycles. The third kappa shape index (κ3) is 2.62. The van der Waals surface area contributed by atoms with E-state index < -0.39 is 42.7 Å². The molecule has 9 nitrogen and oxygen atoms in total. The smallest absolute Gasteiger partial charge is 0.330 e. The highest BCUT2D eigenvalue weighted by Gasteiger charge is 2.59. The van der Waals surface area contributed by atoms with E-state index in [1.807, 2.05) is 6.92 Å². The molecule has 2 aliphatic heterocycles. The summed E-state index contributed by atoms with van der Waals surface area (Å²) in [5, 5.41) is 0. The second-order valence-electron chi connectivity index (χ2n) is 6.00. The first-order chi connectivity index (χ1) is 10.8. The fourth-order valence-electron chi connectivity index (χ4n) is 3.04. The Morgan fingerprint density at radius 1 is 1.52 bits per heavy atom. The van der Waals surface area contributed by atoms with E-state index in [1.54, 1.807) is 6.92 Å². The van der Waals surface area contributed by atoms with E-state index in [9.17, 15) is 14.2 Å². The van der Waals surface area contributed by atoms with Gasteiger partial charge < -0.3 is 19.5 Å². The molecule has 0 aromatic carbocycles. The maximum Gasteiger partial charge on any atom is 0.330 e. The van der Waals surface area contributed by atoms with Crippen LogP contribution in [0.1, 0.15) is 20.1 Å². The van der Waals surface area contributed by atoms with Crippen LogP contribution in [0.25, 0.3) is 0 Å². The molecule has 5 unspecified atom stereocenters. The van der Waals surface area contributed by atoms with E-state index in [4.69, 9.17) is 19.5 Å². The molecular weight excluding hydrogens is 325 g/mol. The van der Waals surface area contributed by atoms with Crippen LogP contribution in [-0.4, -0.2) is 41.1 Å². The van der Waals surface area contributed by atoms with Crippen LogP contribution in [-0.2, 0) is 18.3 Å². The van der Waals surface area contributed by atoms with E-state index in [1.165, 1.54) is 16.8 Å². The standard InChI is InChI=1S/C13H20N3O6P/c1-3-23(19)20-6-8-10(22-23)13(2,7-14)11(21-8)16-5-4-9(17)15-12(16)18/h4-5,8,10-11H,3,6-7,14H2,1-2H3,(H,15,17,18). The van der Waals surface area contributed by atoms with Gasteiger partial charge in [0.2, 0.25) is 0 Å². The Balaban J connectivity index is 2.02. The van der Waals surface area contributed by atoms with Crippen LogP contribution in [0.15, 0.2) is 21.9 Å². The van der Waals surface area contributed by atoms with Crippen molar-refractivity contribution in [3.8, 4) is 0 Å². The van der Waals surface area contributed by atoms with Gasteiger partial charge in [0.05, 0.1) is 12.0 Å². The van der Waals surface area contributed by atoms with Gasteiger partial charge in [0.25, 0.3) is 5.56 Å². The van der Waals surface area contributed by atoms with Gasteiger partial charge in [-0.1, -0.05) is 13.8 Å². The zero-order valence-electron chi connectivity index (χ0n) is 12.9. The molecule has 10 heteroatoms. The summed E-state index contributed by atoms with van der Waals surface area (Å²) in [5.74, 6) is 0. The van der Waals surface area contributed by atoms with Crippen molar-refractivity contribution in [2.75, 3.05) is 19.3 Å². The monoisotopic (exact) mass is 345 g/mol. The summed E-state index contributed by atoms with van der Waals surface area (Å²) in [4.78, 5) is 25.5. The van der Waals surface area contributed by atoms with Crippen molar-refractivity contribution in [1.82, 2.24) is 9.55 Å². The van der Waals surface area contributed by atoms with Crippen LogP contribution in [0.4, 0.5) is 0 Å². The second kappa shape index (κ2) is 5.68. The summed E-state index contributed by atoms with van der Waals surface area (Å²) < 4.78 is 30.7. The normalized spacial score (nSPS) is 40.0. The first-order valence-electron chi connectivity index (χ1n) is 7.42. The van der Waals surface area contributed by atoms with E-state index in [-0.39, 0.29) is 19.3 Å². The summed E-state index contributed by atoms with van der Waals surface area (Å²) in [6, 6.07) is 1.23. The van der Waals surface area contributed by atoms with E-state index in [0.29, 0.717) is 0 Å². The Morgan fingerprint density at radius 2 is 2.26 bits per heavy atom. The average molecular weight is 345 g/mol. The zero-order valence-corrected chi connectivity index (χ0v) is 13.8. The van der Waals surface area contributed by atoms with Crippen molar-refractivity contribution in [2.45, 2.75) is 32.3 Å². The third-order valence-electron chi connectivity index (χ3n) is 4.50. The van der Waals surface area contributed by atoms with Gasteiger partial charge in [-0.3, -0.25) is 18.9 Å². The Morgan fingerprint density at radius 3 is 2.87 bits per heavy atom. The molecule has 3 rings (SSSR count). The highest BCUT2D eigenvalue weighted by atomic mass is 31.2. The summed E-state index contributed by atoms with van der Waals surface area (Å²) in [6.45, 7) is 3.79. The van der Waals surface area contributed by atoms with Gasteiger partial charge in [0.15, 0.2) is 0 Å². The van der Waals surface area contributed by atoms with Crippen molar-refractivity contribution in [3.63, 3.8) is 0 Å². The number of nitrogens with zero attached hydrogens (tertiary/aromatic N) is 1. The van der Waals surface area contributed by atoms with Crippen molar-refractivity contribution < 1.29 is 18.3 Å². The molecule has 2 fully saturated rings. The summed E-state index contributed by atoms with van der Waals surface area (Å²) in [7, 11) is -3.18. The van der Waals surface area contributed by atoms with Crippen LogP contribution in [0, 0.1) is 5.41 Å². The van der Waals surface area contributed by atoms with E-state index >= 15 is 0 Å². The van der Waals surface area contributed by atoms with E-state index in [2.05, 4.69) is 4.98 Å². The largest absolute Gasteiger partial charge is 0.349 e. The number of H-pyrrole nitrogens is 1. The molecule has 0 spiro atoms. The van der Waals surface area contributed by atoms with E-state index in [0.717, 1.165) is 0 Å². The molecule has 0 aliphatic carbocycles. The molecule has 2 saturated heterocycles. The van der Waals surface area contributed by atoms with Crippen LogP contribution < -0.4 is 17.0 Å². The van der Waals surface area contributed by atoms with Crippen molar-refractivity contribution in [1.29, 1.82) is 0 Å². The SMILES string of the molecule is CCP1(=O)OCC2OC(n3ccc(=O)[nH]c3=O)C(C)(CN)C2O1. The number of hydrogen-bond acceptors (Lipinski definition) is 7. The Labute approximate surface area is 132 Å². The Hall–Kier alpha value is -1.25. The van der Waals surface area contributed by atoms with Gasteiger partial charge >= 0.3 is 13.3 Å². The molecule has 128 valence electrons. The van der Waals surface area contributed by atoms with Gasteiger partial charge in [-0.2, -0.15) is 0 Å². The molecule has 2 aliphatic rings. The third-order valence-corrected chi connectivity index (χ3v) is 6.36. The Kier molecular flexibility index (Phi) is 4.10. The van der Waals surface area contributed by atoms with Gasteiger partial charge in [0.1, 0.15) is 18.4 Å². The first-order valence-corrected chi connectivity index (χ1v) is 9.15. The number of aromatic nitrogens is 2. The molecule has 23 heavy (non-hydrogen) atoms. The quantitative estimate of drug-likeness (QED) is 0.740. The van der Waals surface area contributed by atoms with Crippen LogP contribution in [0.3, 0.4) is 0 Å². The Bertz CT molecular complexity index is 761. The van der Waals surface area contributed by atoms with Crippen molar-refractivity contribution in [3.05, 3.63) is 33.1 Å². The number of nitrogens with one attached hydrogen (secondary N) is 1. The van der Waals surface area contributed by atoms with Crippen molar-refractivity contribution in [2.24, 2.45) is 11.1 Å². The molecule has 1 aromatic rings. The molecule has 0 saturated carbocycles. The van der Waals surface area contributed by atoms with Crippen LogP contribution >= 0.6 is 7.60 Å². The predicted octanol–water partition coefficient (Wildman–Crippen LogP) is 0.0274. The molecule has 0 amide bonds. The minimum absolute atomic E-state index is 0.111. The lowest BCUT2D eigenvalue weighted by Crippen LogP contribution is -2.48.